The number of ether oxygens (including phenoxy) is 2. The molecule has 3 heteroatoms. The molecule has 19 heavy (non-hydrogen) atoms. The van der Waals surface area contributed by atoms with Crippen LogP contribution in [0.15, 0.2) is 24.3 Å². The van der Waals surface area contributed by atoms with Crippen LogP contribution in [0.1, 0.15) is 56.3 Å². The minimum atomic E-state index is -0.448. The highest BCUT2D eigenvalue weighted by Crippen LogP contribution is 2.53. The summed E-state index contributed by atoms with van der Waals surface area (Å²) in [4.78, 5) is 0. The fraction of sp³-hybridized carbons (Fsp3) is 0.625. The Hall–Kier alpha value is -0.380. The highest BCUT2D eigenvalue weighted by atomic mass is 79.9. The number of hydrogen-bond donors (Lipinski definition) is 0. The Kier molecular flexibility index (Phi) is 3.71. The molecule has 0 unspecified atom stereocenters. The van der Waals surface area contributed by atoms with E-state index in [1.54, 1.807) is 0 Å². The monoisotopic (exact) mass is 324 g/mol. The molecule has 3 rings (SSSR count). The van der Waals surface area contributed by atoms with Crippen LogP contribution in [0.3, 0.4) is 0 Å². The number of fused-ring (bicyclic) bond motifs is 3. The Morgan fingerprint density at radius 1 is 1.11 bits per heavy atom. The van der Waals surface area contributed by atoms with Crippen molar-refractivity contribution in [3.63, 3.8) is 0 Å². The summed E-state index contributed by atoms with van der Waals surface area (Å²) in [5, 5.41) is 1.08. The Balaban J connectivity index is 1.86. The van der Waals surface area contributed by atoms with Gasteiger partial charge >= 0.3 is 0 Å². The van der Waals surface area contributed by atoms with Crippen molar-refractivity contribution >= 4 is 15.9 Å². The molecule has 1 aromatic rings. The van der Waals surface area contributed by atoms with Crippen LogP contribution in [0.25, 0.3) is 0 Å². The molecule has 2 aliphatic rings. The lowest BCUT2D eigenvalue weighted by Crippen LogP contribution is -2.24. The van der Waals surface area contributed by atoms with Crippen LogP contribution < -0.4 is 0 Å². The molecule has 0 radical (unpaired) electrons. The fourth-order valence-corrected chi connectivity index (χ4v) is 3.78. The molecule has 0 spiro atoms. The number of halogens is 1. The van der Waals surface area contributed by atoms with E-state index in [2.05, 4.69) is 40.2 Å². The fourth-order valence-electron chi connectivity index (χ4n) is 3.39. The number of rotatable bonds is 4. The Bertz CT molecular complexity index is 458. The van der Waals surface area contributed by atoms with Crippen molar-refractivity contribution in [1.29, 1.82) is 0 Å². The van der Waals surface area contributed by atoms with Gasteiger partial charge < -0.3 is 9.47 Å². The molecule has 0 aromatic heterocycles. The molecule has 1 fully saturated rings. The molecule has 0 bridgehead atoms. The maximum absolute atomic E-state index is 6.16. The zero-order valence-corrected chi connectivity index (χ0v) is 13.2. The first kappa shape index (κ1) is 13.6. The van der Waals surface area contributed by atoms with E-state index >= 15 is 0 Å². The predicted molar refractivity (Wildman–Crippen MR) is 79.6 cm³/mol. The van der Waals surface area contributed by atoms with E-state index in [1.165, 1.54) is 30.4 Å². The van der Waals surface area contributed by atoms with Gasteiger partial charge in [-0.05, 0) is 37.8 Å². The van der Waals surface area contributed by atoms with Crippen LogP contribution in [-0.2, 0) is 9.47 Å². The maximum atomic E-state index is 6.16. The van der Waals surface area contributed by atoms with Crippen LogP contribution in [-0.4, -0.2) is 17.2 Å². The van der Waals surface area contributed by atoms with Gasteiger partial charge in [-0.1, -0.05) is 46.6 Å². The lowest BCUT2D eigenvalue weighted by atomic mass is 9.94. The molecule has 3 atom stereocenters. The van der Waals surface area contributed by atoms with Crippen molar-refractivity contribution in [2.24, 2.45) is 0 Å². The van der Waals surface area contributed by atoms with Gasteiger partial charge in [-0.3, -0.25) is 0 Å². The average molecular weight is 325 g/mol. The van der Waals surface area contributed by atoms with E-state index in [0.717, 1.165) is 5.33 Å². The van der Waals surface area contributed by atoms with Gasteiger partial charge in [-0.2, -0.15) is 0 Å². The van der Waals surface area contributed by atoms with Crippen LogP contribution in [0.2, 0.25) is 0 Å². The van der Waals surface area contributed by atoms with E-state index in [9.17, 15) is 0 Å². The lowest BCUT2D eigenvalue weighted by Gasteiger charge is -2.22. The van der Waals surface area contributed by atoms with Gasteiger partial charge in [0.05, 0.1) is 6.10 Å². The molecule has 104 valence electrons. The summed E-state index contributed by atoms with van der Waals surface area (Å²) in [5.74, 6) is 0.0401. The first-order valence-corrected chi connectivity index (χ1v) is 8.25. The van der Waals surface area contributed by atoms with Gasteiger partial charge in [0, 0.05) is 11.2 Å². The van der Waals surface area contributed by atoms with Crippen molar-refractivity contribution in [2.75, 3.05) is 5.33 Å². The third kappa shape index (κ3) is 2.48. The molecular formula is C16H21BrO2. The summed E-state index contributed by atoms with van der Waals surface area (Å²) in [6, 6.07) is 8.67. The second kappa shape index (κ2) is 5.19. The molecule has 0 N–H and O–H groups in total. The molecule has 1 aliphatic carbocycles. The van der Waals surface area contributed by atoms with Crippen molar-refractivity contribution in [3.8, 4) is 0 Å². The van der Waals surface area contributed by atoms with Gasteiger partial charge in [0.25, 0.3) is 0 Å². The topological polar surface area (TPSA) is 18.5 Å². The quantitative estimate of drug-likeness (QED) is 0.598. The minimum Gasteiger partial charge on any atom is -0.344 e. The third-order valence-corrected chi connectivity index (χ3v) is 4.69. The van der Waals surface area contributed by atoms with Gasteiger partial charge in [-0.15, -0.1) is 0 Å². The molecule has 1 aromatic carbocycles. The van der Waals surface area contributed by atoms with Gasteiger partial charge in [0.15, 0.2) is 5.79 Å². The van der Waals surface area contributed by atoms with E-state index < -0.39 is 5.79 Å². The summed E-state index contributed by atoms with van der Waals surface area (Å²) in [6.45, 7) is 4.03. The van der Waals surface area contributed by atoms with Crippen LogP contribution in [0, 0.1) is 0 Å². The van der Waals surface area contributed by atoms with Crippen LogP contribution in [0.5, 0.6) is 0 Å². The summed E-state index contributed by atoms with van der Waals surface area (Å²) in [5.41, 5.74) is 2.77. The number of unbranched alkanes of at least 4 members (excludes halogenated alkanes) is 1. The first-order valence-electron chi connectivity index (χ1n) is 7.13. The number of benzene rings is 1. The summed E-state index contributed by atoms with van der Waals surface area (Å²) >= 11 is 3.51. The summed E-state index contributed by atoms with van der Waals surface area (Å²) in [6.07, 6.45) is 3.96. The molecule has 0 saturated carbocycles. The first-order chi connectivity index (χ1) is 9.12. The number of alkyl halides is 1. The lowest BCUT2D eigenvalue weighted by molar-refractivity contribution is -0.150. The van der Waals surface area contributed by atoms with Gasteiger partial charge in [-0.25, -0.2) is 0 Å². The largest absolute Gasteiger partial charge is 0.344 e. The summed E-state index contributed by atoms with van der Waals surface area (Å²) in [7, 11) is 0. The third-order valence-electron chi connectivity index (χ3n) is 4.13. The standard InChI is InChI=1S/C16H21BrO2/c1-16(2)18-14-12-8-4-3-7-11(12)13(15(14)19-16)9-5-6-10-17/h3-4,7-8,13-15H,5-6,9-10H2,1-2H3/t13-,14-,15+/m1/s1. The highest BCUT2D eigenvalue weighted by Gasteiger charge is 2.51. The Labute approximate surface area is 123 Å². The highest BCUT2D eigenvalue weighted by molar-refractivity contribution is 9.09. The average Bonchev–Trinajstić information content (AvgIpc) is 2.83. The minimum absolute atomic E-state index is 0.125. The zero-order valence-electron chi connectivity index (χ0n) is 11.6. The van der Waals surface area contributed by atoms with Crippen molar-refractivity contribution < 1.29 is 9.47 Å². The second-order valence-corrected chi connectivity index (χ2v) is 6.73. The van der Waals surface area contributed by atoms with Gasteiger partial charge in [0.2, 0.25) is 0 Å². The van der Waals surface area contributed by atoms with Gasteiger partial charge in [0.1, 0.15) is 6.10 Å². The SMILES string of the molecule is CC1(C)O[C@H]2[C@H](CCCCBr)c3ccccc3[C@H]2O1. The van der Waals surface area contributed by atoms with E-state index in [4.69, 9.17) is 9.47 Å². The summed E-state index contributed by atoms with van der Waals surface area (Å²) < 4.78 is 12.3. The Morgan fingerprint density at radius 3 is 2.58 bits per heavy atom. The second-order valence-electron chi connectivity index (χ2n) is 5.94. The predicted octanol–water partition coefficient (Wildman–Crippen LogP) is 4.54. The molecule has 1 saturated heterocycles. The van der Waals surface area contributed by atoms with Crippen LogP contribution in [0.4, 0.5) is 0 Å². The normalized spacial score (nSPS) is 31.2. The molecule has 0 amide bonds. The van der Waals surface area contributed by atoms with Crippen molar-refractivity contribution in [2.45, 2.75) is 57.0 Å². The molecule has 1 heterocycles. The number of hydrogen-bond acceptors (Lipinski definition) is 2. The van der Waals surface area contributed by atoms with Crippen molar-refractivity contribution in [3.05, 3.63) is 35.4 Å². The van der Waals surface area contributed by atoms with E-state index in [-0.39, 0.29) is 12.2 Å². The molecule has 2 nitrogen and oxygen atoms in total. The molecular weight excluding hydrogens is 304 g/mol. The smallest absolute Gasteiger partial charge is 0.164 e. The maximum Gasteiger partial charge on any atom is 0.164 e. The zero-order chi connectivity index (χ0) is 13.5. The van der Waals surface area contributed by atoms with E-state index in [0.29, 0.717) is 5.92 Å². The van der Waals surface area contributed by atoms with Crippen molar-refractivity contribution in [1.82, 2.24) is 0 Å². The Morgan fingerprint density at radius 2 is 1.84 bits per heavy atom. The van der Waals surface area contributed by atoms with E-state index in [1.807, 2.05) is 13.8 Å². The molecule has 1 aliphatic heterocycles. The van der Waals surface area contributed by atoms with Crippen LogP contribution >= 0.6 is 15.9 Å².